The van der Waals surface area contributed by atoms with Crippen molar-refractivity contribution in [2.45, 2.75) is 57.3 Å². The van der Waals surface area contributed by atoms with Gasteiger partial charge in [-0.2, -0.15) is 0 Å². The summed E-state index contributed by atoms with van der Waals surface area (Å²) >= 11 is 1.74. The van der Waals surface area contributed by atoms with E-state index in [-0.39, 0.29) is 29.1 Å². The number of unbranched alkanes of at least 4 members (excludes halogenated alkanes) is 1. The summed E-state index contributed by atoms with van der Waals surface area (Å²) in [6.45, 7) is 6.16. The first-order valence-electron chi connectivity index (χ1n) is 8.79. The molecule has 2 rings (SSSR count). The van der Waals surface area contributed by atoms with Gasteiger partial charge in [-0.15, -0.1) is 11.8 Å². The molecule has 2 aliphatic rings. The van der Waals surface area contributed by atoms with Gasteiger partial charge >= 0.3 is 5.97 Å². The fraction of sp³-hybridized carbons (Fsp3) is 0.882. The second kappa shape index (κ2) is 8.92. The molecule has 2 saturated heterocycles. The van der Waals surface area contributed by atoms with Crippen LogP contribution in [0, 0.1) is 11.8 Å². The zero-order valence-corrected chi connectivity index (χ0v) is 15.0. The number of carbonyl (C=O) groups excluding carboxylic acids is 1. The van der Waals surface area contributed by atoms with Gasteiger partial charge in [0, 0.05) is 19.7 Å². The number of nitrogens with zero attached hydrogens (tertiary/aromatic N) is 1. The van der Waals surface area contributed by atoms with Crippen LogP contribution in [0.3, 0.4) is 0 Å². The molecule has 3 atom stereocenters. The summed E-state index contributed by atoms with van der Waals surface area (Å²) in [5.74, 6) is 0.422. The summed E-state index contributed by atoms with van der Waals surface area (Å²) in [7, 11) is 0. The van der Waals surface area contributed by atoms with E-state index in [0.717, 1.165) is 44.5 Å². The van der Waals surface area contributed by atoms with Crippen LogP contribution in [0.4, 0.5) is 0 Å². The fourth-order valence-electron chi connectivity index (χ4n) is 3.52. The highest BCUT2D eigenvalue weighted by Gasteiger charge is 2.41. The number of carboxylic acids is 1. The van der Waals surface area contributed by atoms with Crippen molar-refractivity contribution in [1.29, 1.82) is 0 Å². The van der Waals surface area contributed by atoms with Crippen molar-refractivity contribution < 1.29 is 19.4 Å². The third-order valence-corrected chi connectivity index (χ3v) is 6.21. The first-order chi connectivity index (χ1) is 11.0. The number of amides is 1. The number of ether oxygens (including phenoxy) is 1. The van der Waals surface area contributed by atoms with E-state index in [1.54, 1.807) is 11.8 Å². The van der Waals surface area contributed by atoms with Crippen molar-refractivity contribution in [2.24, 2.45) is 11.8 Å². The quantitative estimate of drug-likeness (QED) is 0.720. The summed E-state index contributed by atoms with van der Waals surface area (Å²) < 4.78 is 5.69. The number of hydrogen-bond acceptors (Lipinski definition) is 4. The van der Waals surface area contributed by atoms with Crippen LogP contribution in [0.5, 0.6) is 0 Å². The van der Waals surface area contributed by atoms with E-state index in [0.29, 0.717) is 13.0 Å². The first-order valence-corrected chi connectivity index (χ1v) is 9.84. The zero-order chi connectivity index (χ0) is 16.8. The molecule has 5 nitrogen and oxygen atoms in total. The van der Waals surface area contributed by atoms with Gasteiger partial charge in [-0.05, 0) is 44.3 Å². The Hall–Kier alpha value is -0.750. The average Bonchev–Trinajstić information content (AvgIpc) is 3.04. The minimum absolute atomic E-state index is 0.0209. The second-order valence-electron chi connectivity index (χ2n) is 6.60. The van der Waals surface area contributed by atoms with Gasteiger partial charge in [0.05, 0.1) is 17.3 Å². The lowest BCUT2D eigenvalue weighted by Crippen LogP contribution is -2.45. The van der Waals surface area contributed by atoms with Crippen molar-refractivity contribution >= 4 is 23.6 Å². The lowest BCUT2D eigenvalue weighted by Gasteiger charge is -2.36. The smallest absolute Gasteiger partial charge is 0.309 e. The van der Waals surface area contributed by atoms with Gasteiger partial charge in [0.25, 0.3) is 0 Å². The van der Waals surface area contributed by atoms with Crippen LogP contribution in [0.2, 0.25) is 0 Å². The van der Waals surface area contributed by atoms with Crippen molar-refractivity contribution in [3.63, 3.8) is 0 Å². The molecule has 0 aromatic rings. The van der Waals surface area contributed by atoms with Gasteiger partial charge < -0.3 is 14.7 Å². The van der Waals surface area contributed by atoms with Gasteiger partial charge in [-0.3, -0.25) is 9.59 Å². The standard InChI is InChI=1S/C17H29NO4S/c1-3-4-11-23-12(2)16(19)18-8-5-13(6-9-18)15-14(17(20)21)7-10-22-15/h12-15H,3-11H2,1-2H3,(H,20,21)/t12?,14?,15-/m0/s1. The molecule has 6 heteroatoms. The Morgan fingerprint density at radius 1 is 1.30 bits per heavy atom. The Morgan fingerprint density at radius 3 is 2.61 bits per heavy atom. The van der Waals surface area contributed by atoms with E-state index in [1.807, 2.05) is 11.8 Å². The summed E-state index contributed by atoms with van der Waals surface area (Å²) in [4.78, 5) is 25.7. The molecule has 2 unspecified atom stereocenters. The molecule has 1 N–H and O–H groups in total. The molecule has 2 aliphatic heterocycles. The first kappa shape index (κ1) is 18.6. The molecule has 0 radical (unpaired) electrons. The number of hydrogen-bond donors (Lipinski definition) is 1. The lowest BCUT2D eigenvalue weighted by molar-refractivity contribution is -0.145. The number of aliphatic carboxylic acids is 1. The Balaban J connectivity index is 1.79. The van der Waals surface area contributed by atoms with Crippen molar-refractivity contribution in [3.05, 3.63) is 0 Å². The number of carboxylic acid groups (broad SMARTS) is 1. The van der Waals surface area contributed by atoms with Gasteiger partial charge in [0.15, 0.2) is 0 Å². The average molecular weight is 343 g/mol. The summed E-state index contributed by atoms with van der Waals surface area (Å²) in [5, 5.41) is 9.30. The van der Waals surface area contributed by atoms with Gasteiger partial charge in [-0.1, -0.05) is 13.3 Å². The molecular formula is C17H29NO4S. The topological polar surface area (TPSA) is 66.8 Å². The van der Waals surface area contributed by atoms with Crippen LogP contribution in [0.1, 0.15) is 46.0 Å². The lowest BCUT2D eigenvalue weighted by atomic mass is 9.84. The molecule has 2 heterocycles. The summed E-state index contributed by atoms with van der Waals surface area (Å²) in [6.07, 6.45) is 4.47. The molecule has 0 bridgehead atoms. The number of rotatable bonds is 7. The summed E-state index contributed by atoms with van der Waals surface area (Å²) in [6, 6.07) is 0. The van der Waals surface area contributed by atoms with Crippen LogP contribution in [0.15, 0.2) is 0 Å². The van der Waals surface area contributed by atoms with Crippen molar-refractivity contribution in [1.82, 2.24) is 4.90 Å². The predicted octanol–water partition coefficient (Wildman–Crippen LogP) is 2.64. The molecule has 0 aromatic carbocycles. The molecule has 0 saturated carbocycles. The number of carbonyl (C=O) groups is 2. The zero-order valence-electron chi connectivity index (χ0n) is 14.2. The molecule has 0 aliphatic carbocycles. The molecular weight excluding hydrogens is 314 g/mol. The minimum atomic E-state index is -0.744. The van der Waals surface area contributed by atoms with Crippen LogP contribution in [0.25, 0.3) is 0 Å². The molecule has 1 amide bonds. The minimum Gasteiger partial charge on any atom is -0.481 e. The van der Waals surface area contributed by atoms with E-state index in [2.05, 4.69) is 6.92 Å². The van der Waals surface area contributed by atoms with Gasteiger partial charge in [0.2, 0.25) is 5.91 Å². The van der Waals surface area contributed by atoms with Crippen molar-refractivity contribution in [2.75, 3.05) is 25.4 Å². The maximum atomic E-state index is 12.5. The highest BCUT2D eigenvalue weighted by Crippen LogP contribution is 2.33. The van der Waals surface area contributed by atoms with Gasteiger partial charge in [0.1, 0.15) is 0 Å². The summed E-state index contributed by atoms with van der Waals surface area (Å²) in [5.41, 5.74) is 0. The van der Waals surface area contributed by atoms with Crippen molar-refractivity contribution in [3.8, 4) is 0 Å². The number of thioether (sulfide) groups is 1. The molecule has 2 fully saturated rings. The largest absolute Gasteiger partial charge is 0.481 e. The maximum absolute atomic E-state index is 12.5. The van der Waals surface area contributed by atoms with E-state index < -0.39 is 5.97 Å². The van der Waals surface area contributed by atoms with Crippen LogP contribution >= 0.6 is 11.8 Å². The highest BCUT2D eigenvalue weighted by molar-refractivity contribution is 8.00. The molecule has 0 aromatic heterocycles. The predicted molar refractivity (Wildman–Crippen MR) is 91.6 cm³/mol. The molecule has 0 spiro atoms. The number of likely N-dealkylation sites (tertiary alicyclic amines) is 1. The number of piperidine rings is 1. The van der Waals surface area contributed by atoms with E-state index in [1.165, 1.54) is 0 Å². The van der Waals surface area contributed by atoms with Crippen LogP contribution in [-0.4, -0.2) is 58.7 Å². The Morgan fingerprint density at radius 2 is 2.00 bits per heavy atom. The van der Waals surface area contributed by atoms with Gasteiger partial charge in [-0.25, -0.2) is 0 Å². The Kier molecular flexibility index (Phi) is 7.21. The second-order valence-corrected chi connectivity index (χ2v) is 8.05. The fourth-order valence-corrected chi connectivity index (χ4v) is 4.62. The Bertz CT molecular complexity index is 409. The van der Waals surface area contributed by atoms with E-state index >= 15 is 0 Å². The van der Waals surface area contributed by atoms with E-state index in [4.69, 9.17) is 4.74 Å². The normalized spacial score (nSPS) is 27.1. The Labute approximate surface area is 143 Å². The van der Waals surface area contributed by atoms with E-state index in [9.17, 15) is 14.7 Å². The maximum Gasteiger partial charge on any atom is 0.309 e. The third kappa shape index (κ3) is 4.86. The third-order valence-electron chi connectivity index (χ3n) is 4.98. The monoisotopic (exact) mass is 343 g/mol. The highest BCUT2D eigenvalue weighted by atomic mass is 32.2. The van der Waals surface area contributed by atoms with Crippen LogP contribution < -0.4 is 0 Å². The molecule has 23 heavy (non-hydrogen) atoms. The SMILES string of the molecule is CCCCSC(C)C(=O)N1CCC([C@@H]2OCCC2C(=O)O)CC1. The molecule has 132 valence electrons. The van der Waals surface area contributed by atoms with Crippen LogP contribution in [-0.2, 0) is 14.3 Å².